The summed E-state index contributed by atoms with van der Waals surface area (Å²) < 4.78 is 32.2. The van der Waals surface area contributed by atoms with Crippen molar-refractivity contribution in [2.75, 3.05) is 12.8 Å². The number of halogens is 2. The predicted molar refractivity (Wildman–Crippen MR) is 59.2 cm³/mol. The highest BCUT2D eigenvalue weighted by Gasteiger charge is 2.19. The molecule has 5 nitrogen and oxygen atoms in total. The van der Waals surface area contributed by atoms with Crippen molar-refractivity contribution in [3.05, 3.63) is 41.9 Å². The summed E-state index contributed by atoms with van der Waals surface area (Å²) in [6.07, 6.45) is 1.12. The number of nitrogen functional groups attached to an aromatic ring is 1. The van der Waals surface area contributed by atoms with Gasteiger partial charge in [0.15, 0.2) is 17.3 Å². The molecule has 2 rings (SSSR count). The third-order valence-corrected chi connectivity index (χ3v) is 2.37. The molecule has 18 heavy (non-hydrogen) atoms. The number of nitrogens with zero attached hydrogens (tertiary/aromatic N) is 2. The Kier molecular flexibility index (Phi) is 2.97. The van der Waals surface area contributed by atoms with Gasteiger partial charge in [0, 0.05) is 0 Å². The van der Waals surface area contributed by atoms with Crippen molar-refractivity contribution in [2.24, 2.45) is 0 Å². The van der Waals surface area contributed by atoms with Gasteiger partial charge in [0.25, 0.3) is 0 Å². The number of carbonyl (C=O) groups excluding carboxylic acids is 1. The minimum atomic E-state index is -1.07. The van der Waals surface area contributed by atoms with Gasteiger partial charge in [0.05, 0.1) is 12.8 Å². The van der Waals surface area contributed by atoms with Crippen LogP contribution in [0.2, 0.25) is 0 Å². The van der Waals surface area contributed by atoms with Gasteiger partial charge in [0.1, 0.15) is 12.1 Å². The summed E-state index contributed by atoms with van der Waals surface area (Å²) >= 11 is 0. The maximum atomic E-state index is 13.6. The van der Waals surface area contributed by atoms with E-state index in [1.54, 1.807) is 0 Å². The van der Waals surface area contributed by atoms with Gasteiger partial charge in [-0.1, -0.05) is 6.07 Å². The SMILES string of the molecule is COC(=O)c1ncn(-c2cccc(F)c2F)c1N. The van der Waals surface area contributed by atoms with Crippen molar-refractivity contribution in [3.8, 4) is 5.69 Å². The lowest BCUT2D eigenvalue weighted by Gasteiger charge is -2.06. The zero-order valence-electron chi connectivity index (χ0n) is 9.35. The van der Waals surface area contributed by atoms with E-state index in [0.29, 0.717) is 0 Å². The van der Waals surface area contributed by atoms with Crippen LogP contribution in [0.25, 0.3) is 5.69 Å². The fraction of sp³-hybridized carbons (Fsp3) is 0.0909. The molecule has 1 aromatic heterocycles. The van der Waals surface area contributed by atoms with Crippen molar-refractivity contribution < 1.29 is 18.3 Å². The zero-order chi connectivity index (χ0) is 13.3. The van der Waals surface area contributed by atoms with Crippen molar-refractivity contribution in [1.29, 1.82) is 0 Å². The summed E-state index contributed by atoms with van der Waals surface area (Å²) in [5.41, 5.74) is 5.36. The van der Waals surface area contributed by atoms with Gasteiger partial charge in [0.2, 0.25) is 0 Å². The molecular formula is C11H9F2N3O2. The van der Waals surface area contributed by atoms with Crippen LogP contribution in [0.15, 0.2) is 24.5 Å². The molecule has 2 aromatic rings. The van der Waals surface area contributed by atoms with Crippen molar-refractivity contribution in [3.63, 3.8) is 0 Å². The molecule has 0 aliphatic carbocycles. The van der Waals surface area contributed by atoms with E-state index in [0.717, 1.165) is 17.0 Å². The van der Waals surface area contributed by atoms with Crippen LogP contribution in [-0.4, -0.2) is 22.6 Å². The molecule has 0 radical (unpaired) electrons. The van der Waals surface area contributed by atoms with Crippen LogP contribution in [0.5, 0.6) is 0 Å². The number of benzene rings is 1. The quantitative estimate of drug-likeness (QED) is 0.824. The highest BCUT2D eigenvalue weighted by molar-refractivity contribution is 5.92. The van der Waals surface area contributed by atoms with E-state index < -0.39 is 17.6 Å². The van der Waals surface area contributed by atoms with Crippen LogP contribution in [0.4, 0.5) is 14.6 Å². The molecular weight excluding hydrogens is 244 g/mol. The van der Waals surface area contributed by atoms with Crippen LogP contribution in [-0.2, 0) is 4.74 Å². The first-order chi connectivity index (χ1) is 8.56. The van der Waals surface area contributed by atoms with Gasteiger partial charge < -0.3 is 10.5 Å². The molecule has 0 saturated heterocycles. The maximum Gasteiger partial charge on any atom is 0.360 e. The smallest absolute Gasteiger partial charge is 0.360 e. The average Bonchev–Trinajstić information content (AvgIpc) is 2.74. The molecule has 0 aliphatic heterocycles. The number of carbonyl (C=O) groups is 1. The minimum Gasteiger partial charge on any atom is -0.464 e. The fourth-order valence-electron chi connectivity index (χ4n) is 1.48. The topological polar surface area (TPSA) is 70.1 Å². The number of anilines is 1. The van der Waals surface area contributed by atoms with Gasteiger partial charge in [-0.05, 0) is 12.1 Å². The monoisotopic (exact) mass is 253 g/mol. The lowest BCUT2D eigenvalue weighted by Crippen LogP contribution is -2.08. The summed E-state index contributed by atoms with van der Waals surface area (Å²) in [4.78, 5) is 15.0. The standard InChI is InChI=1S/C11H9F2N3O2/c1-18-11(17)9-10(14)16(5-15-9)7-4-2-3-6(12)8(7)13/h2-5H,14H2,1H3. The Balaban J connectivity index is 2.56. The Hall–Kier alpha value is -2.44. The Morgan fingerprint density at radius 1 is 1.44 bits per heavy atom. The number of ether oxygens (including phenoxy) is 1. The second kappa shape index (κ2) is 4.44. The van der Waals surface area contributed by atoms with Gasteiger partial charge in [-0.15, -0.1) is 0 Å². The number of rotatable bonds is 2. The highest BCUT2D eigenvalue weighted by Crippen LogP contribution is 2.21. The van der Waals surface area contributed by atoms with E-state index in [4.69, 9.17) is 5.73 Å². The van der Waals surface area contributed by atoms with E-state index in [9.17, 15) is 13.6 Å². The molecule has 0 unspecified atom stereocenters. The van der Waals surface area contributed by atoms with E-state index in [-0.39, 0.29) is 17.2 Å². The Bertz CT molecular complexity index is 610. The lowest BCUT2D eigenvalue weighted by molar-refractivity contribution is 0.0596. The van der Waals surface area contributed by atoms with E-state index >= 15 is 0 Å². The predicted octanol–water partition coefficient (Wildman–Crippen LogP) is 1.52. The fourth-order valence-corrected chi connectivity index (χ4v) is 1.48. The second-order valence-electron chi connectivity index (χ2n) is 3.41. The molecule has 0 spiro atoms. The first-order valence-electron chi connectivity index (χ1n) is 4.91. The van der Waals surface area contributed by atoms with Gasteiger partial charge in [-0.25, -0.2) is 18.6 Å². The third kappa shape index (κ3) is 1.79. The number of hydrogen-bond donors (Lipinski definition) is 1. The Morgan fingerprint density at radius 3 is 2.83 bits per heavy atom. The van der Waals surface area contributed by atoms with Crippen LogP contribution in [0, 0.1) is 11.6 Å². The summed E-state index contributed by atoms with van der Waals surface area (Å²) in [5.74, 6) is -2.95. The molecule has 0 amide bonds. The van der Waals surface area contributed by atoms with E-state index in [1.807, 2.05) is 0 Å². The number of imidazole rings is 1. The summed E-state index contributed by atoms with van der Waals surface area (Å²) in [6, 6.07) is 3.62. The summed E-state index contributed by atoms with van der Waals surface area (Å²) in [6.45, 7) is 0. The maximum absolute atomic E-state index is 13.6. The second-order valence-corrected chi connectivity index (χ2v) is 3.41. The highest BCUT2D eigenvalue weighted by atomic mass is 19.2. The lowest BCUT2D eigenvalue weighted by atomic mass is 10.3. The average molecular weight is 253 g/mol. The van der Waals surface area contributed by atoms with Crippen LogP contribution >= 0.6 is 0 Å². The molecule has 94 valence electrons. The largest absolute Gasteiger partial charge is 0.464 e. The van der Waals surface area contributed by atoms with E-state index in [1.165, 1.54) is 19.2 Å². The summed E-state index contributed by atoms with van der Waals surface area (Å²) in [5, 5.41) is 0. The molecule has 1 heterocycles. The number of hydrogen-bond acceptors (Lipinski definition) is 4. The zero-order valence-corrected chi connectivity index (χ0v) is 9.35. The Morgan fingerprint density at radius 2 is 2.17 bits per heavy atom. The number of aromatic nitrogens is 2. The molecule has 0 atom stereocenters. The molecule has 0 bridgehead atoms. The summed E-state index contributed by atoms with van der Waals surface area (Å²) in [7, 11) is 1.17. The molecule has 0 aliphatic rings. The van der Waals surface area contributed by atoms with Crippen LogP contribution in [0.1, 0.15) is 10.5 Å². The van der Waals surface area contributed by atoms with Crippen molar-refractivity contribution in [1.82, 2.24) is 9.55 Å². The minimum absolute atomic E-state index is 0.119. The van der Waals surface area contributed by atoms with Gasteiger partial charge in [-0.2, -0.15) is 0 Å². The first kappa shape index (κ1) is 12.0. The molecule has 7 heteroatoms. The third-order valence-electron chi connectivity index (χ3n) is 2.37. The number of nitrogens with two attached hydrogens (primary N) is 1. The van der Waals surface area contributed by atoms with Crippen LogP contribution in [0.3, 0.4) is 0 Å². The van der Waals surface area contributed by atoms with Gasteiger partial charge in [-0.3, -0.25) is 4.57 Å². The Labute approximate surface area is 101 Å². The molecule has 2 N–H and O–H groups in total. The normalized spacial score (nSPS) is 10.4. The van der Waals surface area contributed by atoms with Crippen molar-refractivity contribution >= 4 is 11.8 Å². The van der Waals surface area contributed by atoms with Gasteiger partial charge >= 0.3 is 5.97 Å². The first-order valence-corrected chi connectivity index (χ1v) is 4.91. The number of methoxy groups -OCH3 is 1. The van der Waals surface area contributed by atoms with Crippen LogP contribution < -0.4 is 5.73 Å². The number of esters is 1. The van der Waals surface area contributed by atoms with E-state index in [2.05, 4.69) is 9.72 Å². The molecule has 0 fully saturated rings. The molecule has 0 saturated carbocycles. The molecule has 1 aromatic carbocycles. The van der Waals surface area contributed by atoms with Crippen molar-refractivity contribution in [2.45, 2.75) is 0 Å².